The smallest absolute Gasteiger partial charge is 0.404 e. The highest BCUT2D eigenvalue weighted by Crippen LogP contribution is 2.25. The Morgan fingerprint density at radius 3 is 2.21 bits per heavy atom. The Kier molecular flexibility index (Phi) is 7.32. The average Bonchev–Trinajstić information content (AvgIpc) is 2.36. The molecule has 0 aliphatic carbocycles. The molecule has 8 nitrogen and oxygen atoms in total. The third-order valence-corrected chi connectivity index (χ3v) is 3.03. The first-order valence-corrected chi connectivity index (χ1v) is 6.05. The Balaban J connectivity index is 4.06. The van der Waals surface area contributed by atoms with Crippen LogP contribution in [0, 0.1) is 5.41 Å². The van der Waals surface area contributed by atoms with E-state index in [1.54, 1.807) is 13.8 Å². The minimum absolute atomic E-state index is 0.0334. The lowest BCUT2D eigenvalue weighted by atomic mass is 9.82. The Labute approximate surface area is 111 Å². The fraction of sp³-hybridized carbons (Fsp3) is 0.727. The number of rotatable bonds is 8. The van der Waals surface area contributed by atoms with E-state index in [1.165, 1.54) is 0 Å². The van der Waals surface area contributed by atoms with Crippen molar-refractivity contribution >= 4 is 18.1 Å². The molecule has 0 atom stereocenters. The number of urea groups is 1. The topological polar surface area (TPSA) is 131 Å². The minimum atomic E-state index is -0.957. The van der Waals surface area contributed by atoms with E-state index in [2.05, 4.69) is 15.4 Å². The number of hydrogen-bond donors (Lipinski definition) is 4. The van der Waals surface area contributed by atoms with Crippen molar-refractivity contribution in [3.05, 3.63) is 0 Å². The summed E-state index contributed by atoms with van der Waals surface area (Å²) in [4.78, 5) is 32.9. The van der Waals surface area contributed by atoms with Gasteiger partial charge in [-0.1, -0.05) is 13.8 Å². The molecule has 0 fully saturated rings. The first kappa shape index (κ1) is 17.0. The molecule has 0 saturated carbocycles. The lowest BCUT2D eigenvalue weighted by Crippen LogP contribution is -2.46. The Hall–Kier alpha value is -1.99. The second-order valence-electron chi connectivity index (χ2n) is 4.07. The van der Waals surface area contributed by atoms with Gasteiger partial charge >= 0.3 is 18.1 Å². The van der Waals surface area contributed by atoms with Crippen LogP contribution in [-0.2, 0) is 9.53 Å². The summed E-state index contributed by atoms with van der Waals surface area (Å²) in [5.41, 5.74) is 3.78. The molecule has 110 valence electrons. The Morgan fingerprint density at radius 1 is 1.21 bits per heavy atom. The van der Waals surface area contributed by atoms with Gasteiger partial charge in [0.1, 0.15) is 6.61 Å². The standard InChI is InChI=1S/C11H21N3O5/c1-3-11(4-2,8(15)16)7-14-10(18)13-5-6-19-9(12)17/h3-7H2,1-2H3,(H2,12,17)(H,15,16)(H2,13,14,18). The zero-order chi connectivity index (χ0) is 14.9. The number of carbonyl (C=O) groups is 3. The van der Waals surface area contributed by atoms with Gasteiger partial charge in [-0.3, -0.25) is 4.79 Å². The van der Waals surface area contributed by atoms with Crippen molar-refractivity contribution in [3.63, 3.8) is 0 Å². The molecule has 3 amide bonds. The highest BCUT2D eigenvalue weighted by Gasteiger charge is 2.35. The van der Waals surface area contributed by atoms with Crippen molar-refractivity contribution in [2.75, 3.05) is 19.7 Å². The number of carboxylic acid groups (broad SMARTS) is 1. The highest BCUT2D eigenvalue weighted by atomic mass is 16.5. The lowest BCUT2D eigenvalue weighted by molar-refractivity contribution is -0.149. The number of nitrogens with two attached hydrogens (primary N) is 1. The molecule has 0 spiro atoms. The van der Waals surface area contributed by atoms with Gasteiger partial charge in [-0.05, 0) is 12.8 Å². The molecule has 0 aromatic rings. The molecule has 0 aliphatic rings. The van der Waals surface area contributed by atoms with E-state index in [4.69, 9.17) is 10.8 Å². The van der Waals surface area contributed by atoms with Gasteiger partial charge in [0, 0.05) is 6.54 Å². The van der Waals surface area contributed by atoms with Gasteiger partial charge in [0.2, 0.25) is 0 Å². The van der Waals surface area contributed by atoms with Crippen LogP contribution in [0.15, 0.2) is 0 Å². The number of nitrogens with one attached hydrogen (secondary N) is 2. The normalized spacial score (nSPS) is 10.6. The molecule has 0 bridgehead atoms. The van der Waals surface area contributed by atoms with Gasteiger partial charge in [-0.15, -0.1) is 0 Å². The lowest BCUT2D eigenvalue weighted by Gasteiger charge is -2.26. The van der Waals surface area contributed by atoms with Crippen LogP contribution in [0.1, 0.15) is 26.7 Å². The summed E-state index contributed by atoms with van der Waals surface area (Å²) in [6.07, 6.45) is -0.0718. The molecule has 0 rings (SSSR count). The maximum Gasteiger partial charge on any atom is 0.404 e. The second kappa shape index (κ2) is 8.17. The van der Waals surface area contributed by atoms with Crippen molar-refractivity contribution in [2.24, 2.45) is 11.1 Å². The number of primary amides is 1. The van der Waals surface area contributed by atoms with Crippen molar-refractivity contribution in [3.8, 4) is 0 Å². The second-order valence-corrected chi connectivity index (χ2v) is 4.07. The largest absolute Gasteiger partial charge is 0.481 e. The minimum Gasteiger partial charge on any atom is -0.481 e. The highest BCUT2D eigenvalue weighted by molar-refractivity contribution is 5.78. The van der Waals surface area contributed by atoms with Crippen LogP contribution in [0.2, 0.25) is 0 Å². The van der Waals surface area contributed by atoms with Crippen LogP contribution >= 0.6 is 0 Å². The van der Waals surface area contributed by atoms with E-state index in [0.29, 0.717) is 12.8 Å². The van der Waals surface area contributed by atoms with Crippen molar-refractivity contribution in [1.29, 1.82) is 0 Å². The zero-order valence-electron chi connectivity index (χ0n) is 11.2. The Morgan fingerprint density at radius 2 is 1.79 bits per heavy atom. The first-order chi connectivity index (χ1) is 8.88. The summed E-state index contributed by atoms with van der Waals surface area (Å²) in [6.45, 7) is 3.63. The molecule has 8 heteroatoms. The zero-order valence-corrected chi connectivity index (χ0v) is 11.2. The summed E-state index contributed by atoms with van der Waals surface area (Å²) in [7, 11) is 0. The van der Waals surface area contributed by atoms with Crippen LogP contribution in [0.4, 0.5) is 9.59 Å². The number of amides is 3. The molecule has 0 aromatic heterocycles. The number of carbonyl (C=O) groups excluding carboxylic acids is 2. The number of aliphatic carboxylic acids is 1. The first-order valence-electron chi connectivity index (χ1n) is 6.05. The van der Waals surface area contributed by atoms with E-state index in [9.17, 15) is 14.4 Å². The molecular weight excluding hydrogens is 254 g/mol. The Bertz CT molecular complexity index is 328. The fourth-order valence-corrected chi connectivity index (χ4v) is 1.51. The molecule has 0 unspecified atom stereocenters. The van der Waals surface area contributed by atoms with E-state index < -0.39 is 23.5 Å². The monoisotopic (exact) mass is 275 g/mol. The van der Waals surface area contributed by atoms with Gasteiger partial charge in [0.25, 0.3) is 0 Å². The predicted octanol–water partition coefficient (Wildman–Crippen LogP) is 0.272. The maximum atomic E-state index is 11.4. The van der Waals surface area contributed by atoms with E-state index in [-0.39, 0.29) is 19.7 Å². The predicted molar refractivity (Wildman–Crippen MR) is 67.6 cm³/mol. The average molecular weight is 275 g/mol. The van der Waals surface area contributed by atoms with Gasteiger partial charge in [0.05, 0.1) is 12.0 Å². The number of carboxylic acids is 1. The summed E-state index contributed by atoms with van der Waals surface area (Å²) in [5, 5.41) is 14.1. The van der Waals surface area contributed by atoms with Crippen molar-refractivity contribution in [1.82, 2.24) is 10.6 Å². The van der Waals surface area contributed by atoms with Gasteiger partial charge in [0.15, 0.2) is 0 Å². The quantitative estimate of drug-likeness (QED) is 0.472. The summed E-state index contributed by atoms with van der Waals surface area (Å²) in [5.74, 6) is -0.935. The molecule has 19 heavy (non-hydrogen) atoms. The van der Waals surface area contributed by atoms with Crippen LogP contribution in [0.3, 0.4) is 0 Å². The third-order valence-electron chi connectivity index (χ3n) is 3.03. The van der Waals surface area contributed by atoms with Crippen LogP contribution in [0.5, 0.6) is 0 Å². The molecular formula is C11H21N3O5. The fourth-order valence-electron chi connectivity index (χ4n) is 1.51. The van der Waals surface area contributed by atoms with E-state index >= 15 is 0 Å². The molecule has 0 aliphatic heterocycles. The molecule has 0 radical (unpaired) electrons. The summed E-state index contributed by atoms with van der Waals surface area (Å²) in [6, 6.07) is -0.513. The molecule has 0 aromatic carbocycles. The third kappa shape index (κ3) is 5.94. The van der Waals surface area contributed by atoms with Crippen molar-refractivity contribution in [2.45, 2.75) is 26.7 Å². The van der Waals surface area contributed by atoms with Gasteiger partial charge in [-0.2, -0.15) is 0 Å². The molecule has 5 N–H and O–H groups in total. The van der Waals surface area contributed by atoms with Gasteiger partial charge in [-0.25, -0.2) is 9.59 Å². The van der Waals surface area contributed by atoms with Crippen LogP contribution in [-0.4, -0.2) is 42.9 Å². The van der Waals surface area contributed by atoms with Crippen LogP contribution in [0.25, 0.3) is 0 Å². The molecule has 0 heterocycles. The number of ether oxygens (including phenoxy) is 1. The summed E-state index contributed by atoms with van der Waals surface area (Å²) < 4.78 is 4.42. The number of hydrogen-bond acceptors (Lipinski definition) is 4. The molecule has 0 saturated heterocycles. The maximum absolute atomic E-state index is 11.4. The summed E-state index contributed by atoms with van der Waals surface area (Å²) >= 11 is 0. The van der Waals surface area contributed by atoms with E-state index in [1.807, 2.05) is 0 Å². The van der Waals surface area contributed by atoms with Crippen LogP contribution < -0.4 is 16.4 Å². The van der Waals surface area contributed by atoms with E-state index in [0.717, 1.165) is 0 Å². The SMILES string of the molecule is CCC(CC)(CNC(=O)NCCOC(N)=O)C(=O)O. The van der Waals surface area contributed by atoms with Gasteiger partial charge < -0.3 is 26.2 Å². The van der Waals surface area contributed by atoms with Crippen molar-refractivity contribution < 1.29 is 24.2 Å².